The van der Waals surface area contributed by atoms with Gasteiger partial charge in [0, 0.05) is 62.2 Å². The van der Waals surface area contributed by atoms with Gasteiger partial charge < -0.3 is 4.98 Å². The van der Waals surface area contributed by atoms with Crippen molar-refractivity contribution in [2.24, 2.45) is 0 Å². The first-order valence-electron chi connectivity index (χ1n) is 17.3. The monoisotopic (exact) mass is 683 g/mol. The van der Waals surface area contributed by atoms with Gasteiger partial charge in [0.1, 0.15) is 0 Å². The molecule has 3 heteroatoms. The lowest BCUT2D eigenvalue weighted by Crippen LogP contribution is -1.80. The largest absolute Gasteiger partial charge is 0.355 e. The van der Waals surface area contributed by atoms with Gasteiger partial charge >= 0.3 is 0 Å². The summed E-state index contributed by atoms with van der Waals surface area (Å²) in [5.41, 5.74) is 12.5. The summed E-state index contributed by atoms with van der Waals surface area (Å²) in [5.74, 6) is 0. The Kier molecular flexibility index (Phi) is 6.36. The van der Waals surface area contributed by atoms with Crippen molar-refractivity contribution in [3.63, 3.8) is 0 Å². The van der Waals surface area contributed by atoms with Crippen molar-refractivity contribution in [2.75, 3.05) is 0 Å². The van der Waals surface area contributed by atoms with Crippen molar-refractivity contribution in [3.05, 3.63) is 170 Å². The Morgan fingerprint density at radius 3 is 1.00 bits per heavy atom. The number of H-pyrrole nitrogens is 1. The number of aromatic nitrogens is 1. The zero-order valence-electron chi connectivity index (χ0n) is 27.5. The van der Waals surface area contributed by atoms with E-state index in [0.29, 0.717) is 0 Å². The van der Waals surface area contributed by atoms with E-state index in [1.165, 1.54) is 95.6 Å². The van der Waals surface area contributed by atoms with Crippen LogP contribution in [0.1, 0.15) is 0 Å². The highest BCUT2D eigenvalue weighted by atomic mass is 32.1. The molecule has 0 aliphatic carbocycles. The number of benzene rings is 8. The summed E-state index contributed by atoms with van der Waals surface area (Å²) in [6, 6.07) is 62.3. The van der Waals surface area contributed by atoms with Gasteiger partial charge in [-0.3, -0.25) is 0 Å². The molecule has 0 amide bonds. The van der Waals surface area contributed by atoms with Crippen molar-refractivity contribution in [3.8, 4) is 44.5 Å². The molecule has 0 unspecified atom stereocenters. The van der Waals surface area contributed by atoms with E-state index in [2.05, 4.69) is 175 Å². The maximum absolute atomic E-state index is 3.71. The van der Waals surface area contributed by atoms with Crippen LogP contribution < -0.4 is 0 Å². The van der Waals surface area contributed by atoms with E-state index >= 15 is 0 Å². The summed E-state index contributed by atoms with van der Waals surface area (Å²) in [4.78, 5) is 3.71. The molecule has 0 spiro atoms. The first kappa shape index (κ1) is 28.8. The quantitative estimate of drug-likeness (QED) is 0.190. The summed E-state index contributed by atoms with van der Waals surface area (Å²) < 4.78 is 5.36. The lowest BCUT2D eigenvalue weighted by atomic mass is 9.98. The smallest absolute Gasteiger partial charge is 0.0465 e. The molecule has 8 aromatic carbocycles. The topological polar surface area (TPSA) is 15.8 Å². The molecule has 0 saturated heterocycles. The Balaban J connectivity index is 1.07. The van der Waals surface area contributed by atoms with Crippen molar-refractivity contribution >= 4 is 84.8 Å². The number of thiophene rings is 2. The van der Waals surface area contributed by atoms with E-state index in [-0.39, 0.29) is 0 Å². The highest BCUT2D eigenvalue weighted by Crippen LogP contribution is 2.46. The highest BCUT2D eigenvalue weighted by Gasteiger charge is 2.17. The Morgan fingerprint density at radius 2 is 0.627 bits per heavy atom. The molecule has 0 aliphatic rings. The van der Waals surface area contributed by atoms with Gasteiger partial charge in [-0.2, -0.15) is 0 Å². The molecule has 0 radical (unpaired) electrons. The molecule has 0 atom stereocenters. The number of hydrogen-bond acceptors (Lipinski definition) is 2. The van der Waals surface area contributed by atoms with E-state index in [1.54, 1.807) is 0 Å². The third kappa shape index (κ3) is 4.45. The van der Waals surface area contributed by atoms with Crippen LogP contribution in [0.2, 0.25) is 0 Å². The van der Waals surface area contributed by atoms with Crippen molar-refractivity contribution in [2.45, 2.75) is 0 Å². The molecule has 0 saturated carbocycles. The molecular formula is C48H29NS2. The Bertz CT molecular complexity index is 2910. The first-order valence-corrected chi connectivity index (χ1v) is 19.0. The molecular weight excluding hydrogens is 655 g/mol. The maximum Gasteiger partial charge on any atom is 0.0465 e. The molecule has 0 bridgehead atoms. The van der Waals surface area contributed by atoms with Crippen molar-refractivity contribution in [1.29, 1.82) is 0 Å². The van der Waals surface area contributed by atoms with E-state index < -0.39 is 0 Å². The molecule has 0 aliphatic heterocycles. The minimum Gasteiger partial charge on any atom is -0.355 e. The van der Waals surface area contributed by atoms with Gasteiger partial charge in [0.05, 0.1) is 0 Å². The molecule has 0 fully saturated rings. The van der Waals surface area contributed by atoms with Crippen LogP contribution in [-0.4, -0.2) is 4.98 Å². The maximum atomic E-state index is 3.71. The highest BCUT2D eigenvalue weighted by molar-refractivity contribution is 7.27. The molecule has 238 valence electrons. The number of nitrogens with one attached hydrogen (secondary N) is 1. The summed E-state index contributed by atoms with van der Waals surface area (Å²) in [6.45, 7) is 0. The predicted octanol–water partition coefficient (Wildman–Crippen LogP) is 14.7. The van der Waals surface area contributed by atoms with Gasteiger partial charge in [0.15, 0.2) is 0 Å². The molecule has 51 heavy (non-hydrogen) atoms. The summed E-state index contributed by atoms with van der Waals surface area (Å²) in [7, 11) is 0. The van der Waals surface area contributed by atoms with Crippen LogP contribution in [0.3, 0.4) is 0 Å². The molecule has 11 rings (SSSR count). The molecule has 1 nitrogen and oxygen atoms in total. The molecule has 3 heterocycles. The van der Waals surface area contributed by atoms with Gasteiger partial charge in [0.2, 0.25) is 0 Å². The zero-order chi connectivity index (χ0) is 33.5. The fourth-order valence-corrected chi connectivity index (χ4v) is 10.8. The van der Waals surface area contributed by atoms with E-state index in [1.807, 2.05) is 22.7 Å². The first-order chi connectivity index (χ1) is 25.3. The molecule has 1 N–H and O–H groups in total. The van der Waals surface area contributed by atoms with Gasteiger partial charge in [-0.1, -0.05) is 146 Å². The second-order valence-corrected chi connectivity index (χ2v) is 15.4. The minimum absolute atomic E-state index is 1.16. The van der Waals surface area contributed by atoms with Crippen LogP contribution in [-0.2, 0) is 0 Å². The molecule has 11 aromatic rings. The number of fused-ring (bicyclic) bond motifs is 9. The lowest BCUT2D eigenvalue weighted by Gasteiger charge is -2.06. The third-order valence-corrected chi connectivity index (χ3v) is 13.0. The number of rotatable bonds is 4. The van der Waals surface area contributed by atoms with Crippen LogP contribution in [0.4, 0.5) is 0 Å². The molecule has 3 aromatic heterocycles. The lowest BCUT2D eigenvalue weighted by molar-refractivity contribution is 1.54. The van der Waals surface area contributed by atoms with Gasteiger partial charge in [-0.25, -0.2) is 0 Å². The van der Waals surface area contributed by atoms with Gasteiger partial charge in [0.25, 0.3) is 0 Å². The third-order valence-electron chi connectivity index (χ3n) is 10.4. The Labute approximate surface area is 302 Å². The van der Waals surface area contributed by atoms with Gasteiger partial charge in [-0.05, 0) is 68.8 Å². The average molecular weight is 684 g/mol. The average Bonchev–Trinajstić information content (AvgIpc) is 3.89. The van der Waals surface area contributed by atoms with Crippen LogP contribution in [0, 0.1) is 0 Å². The normalized spacial score (nSPS) is 11.9. The minimum atomic E-state index is 1.16. The Morgan fingerprint density at radius 1 is 0.275 bits per heavy atom. The van der Waals surface area contributed by atoms with E-state index in [0.717, 1.165) is 11.0 Å². The predicted molar refractivity (Wildman–Crippen MR) is 223 cm³/mol. The standard InChI is InChI=1S/C48H29NS2/c1-3-11-29(12-4-1)33-15-7-19-37-39-21-9-17-35(47(39)50-45(33)37)31-23-25-43-41(27-31)42-28-32(24-26-44(42)49-43)36-18-10-22-40-38-20-8-16-34(46(38)51-48(36)40)30-13-5-2-6-14-30/h1-28,49H. The second kappa shape index (κ2) is 11.3. The summed E-state index contributed by atoms with van der Waals surface area (Å²) in [6.07, 6.45) is 0. The van der Waals surface area contributed by atoms with E-state index in [9.17, 15) is 0 Å². The summed E-state index contributed by atoms with van der Waals surface area (Å²) in [5, 5.41) is 7.78. The number of aromatic amines is 1. The van der Waals surface area contributed by atoms with Crippen LogP contribution in [0.25, 0.3) is 107 Å². The zero-order valence-corrected chi connectivity index (χ0v) is 29.1. The Hall–Kier alpha value is -6.00. The summed E-state index contributed by atoms with van der Waals surface area (Å²) >= 11 is 3.82. The van der Waals surface area contributed by atoms with Crippen LogP contribution in [0.5, 0.6) is 0 Å². The fourth-order valence-electron chi connectivity index (χ4n) is 8.02. The van der Waals surface area contributed by atoms with Crippen molar-refractivity contribution < 1.29 is 0 Å². The SMILES string of the molecule is c1ccc(-c2cccc3c2sc2c(-c4ccc5[nH]c6ccc(-c7cccc8c7sc7c(-c9ccccc9)cccc78)cc6c5c4)cccc23)cc1. The van der Waals surface area contributed by atoms with Gasteiger partial charge in [-0.15, -0.1) is 22.7 Å². The van der Waals surface area contributed by atoms with Crippen LogP contribution >= 0.6 is 22.7 Å². The van der Waals surface area contributed by atoms with Crippen molar-refractivity contribution in [1.82, 2.24) is 4.98 Å². The van der Waals surface area contributed by atoms with E-state index in [4.69, 9.17) is 0 Å². The fraction of sp³-hybridized carbons (Fsp3) is 0. The van der Waals surface area contributed by atoms with Crippen LogP contribution in [0.15, 0.2) is 170 Å². The number of hydrogen-bond donors (Lipinski definition) is 1. The second-order valence-electron chi connectivity index (χ2n) is 13.3.